The van der Waals surface area contributed by atoms with Crippen LogP contribution in [0.15, 0.2) is 18.2 Å². The van der Waals surface area contributed by atoms with Gasteiger partial charge in [0, 0.05) is 7.05 Å². The first-order chi connectivity index (χ1) is 8.11. The largest absolute Gasteiger partial charge is 0.490 e. The molecule has 0 radical (unpaired) electrons. The summed E-state index contributed by atoms with van der Waals surface area (Å²) in [5, 5.41) is 11.4. The van der Waals surface area contributed by atoms with Crippen molar-refractivity contribution in [3.8, 4) is 5.75 Å². The third kappa shape index (κ3) is 2.55. The summed E-state index contributed by atoms with van der Waals surface area (Å²) < 4.78 is 5.55. The molecule has 2 rings (SSSR count). The summed E-state index contributed by atoms with van der Waals surface area (Å²) in [6.07, 6.45) is 2.01. The first-order valence-corrected chi connectivity index (χ1v) is 5.38. The van der Waals surface area contributed by atoms with Crippen LogP contribution in [-0.2, 0) is 0 Å². The van der Waals surface area contributed by atoms with Gasteiger partial charge in [0.2, 0.25) is 0 Å². The van der Waals surface area contributed by atoms with Gasteiger partial charge in [0.15, 0.2) is 0 Å². The lowest BCUT2D eigenvalue weighted by Gasteiger charge is -2.10. The number of carbonyl (C=O) groups excluding carboxylic acids is 1. The molecule has 0 bridgehead atoms. The van der Waals surface area contributed by atoms with Gasteiger partial charge in [0.25, 0.3) is 5.91 Å². The molecule has 17 heavy (non-hydrogen) atoms. The number of rotatable bonds is 4. The number of nitrogens with one attached hydrogen (secondary N) is 1. The van der Waals surface area contributed by atoms with Crippen LogP contribution in [0.4, 0.5) is 0 Å². The van der Waals surface area contributed by atoms with Crippen LogP contribution in [0.1, 0.15) is 33.6 Å². The van der Waals surface area contributed by atoms with Gasteiger partial charge in [-0.25, -0.2) is 4.79 Å². The molecule has 1 aliphatic rings. The molecule has 0 heterocycles. The Morgan fingerprint density at radius 2 is 2.12 bits per heavy atom. The fourth-order valence-corrected chi connectivity index (χ4v) is 1.44. The predicted octanol–water partition coefficient (Wildman–Crippen LogP) is 1.29. The third-order valence-corrected chi connectivity index (χ3v) is 2.52. The quantitative estimate of drug-likeness (QED) is 0.824. The van der Waals surface area contributed by atoms with Gasteiger partial charge < -0.3 is 15.2 Å². The first-order valence-electron chi connectivity index (χ1n) is 5.38. The molecular formula is C12H13NO4. The lowest BCUT2D eigenvalue weighted by atomic mass is 10.1. The van der Waals surface area contributed by atoms with Gasteiger partial charge in [-0.2, -0.15) is 0 Å². The molecule has 1 saturated carbocycles. The van der Waals surface area contributed by atoms with E-state index in [9.17, 15) is 9.59 Å². The molecule has 0 saturated heterocycles. The van der Waals surface area contributed by atoms with E-state index in [4.69, 9.17) is 9.84 Å². The van der Waals surface area contributed by atoms with Crippen LogP contribution in [0, 0.1) is 0 Å². The molecule has 1 aromatic rings. The number of carboxylic acid groups (broad SMARTS) is 1. The zero-order valence-corrected chi connectivity index (χ0v) is 9.40. The molecule has 0 unspecified atom stereocenters. The van der Waals surface area contributed by atoms with E-state index < -0.39 is 5.97 Å². The van der Waals surface area contributed by atoms with Crippen molar-refractivity contribution in [2.45, 2.75) is 18.9 Å². The van der Waals surface area contributed by atoms with E-state index in [0.29, 0.717) is 11.3 Å². The lowest BCUT2D eigenvalue weighted by molar-refractivity contribution is 0.0695. The molecule has 5 heteroatoms. The minimum atomic E-state index is -1.03. The van der Waals surface area contributed by atoms with Gasteiger partial charge in [0.1, 0.15) is 5.75 Å². The summed E-state index contributed by atoms with van der Waals surface area (Å²) in [6, 6.07) is 4.26. The summed E-state index contributed by atoms with van der Waals surface area (Å²) in [5.41, 5.74) is 0.484. The Hall–Kier alpha value is -2.04. The summed E-state index contributed by atoms with van der Waals surface area (Å²) in [6.45, 7) is 0. The van der Waals surface area contributed by atoms with Gasteiger partial charge in [-0.15, -0.1) is 0 Å². The highest BCUT2D eigenvalue weighted by atomic mass is 16.5. The van der Waals surface area contributed by atoms with Crippen molar-refractivity contribution in [2.75, 3.05) is 7.05 Å². The number of carbonyl (C=O) groups is 2. The topological polar surface area (TPSA) is 75.6 Å². The molecule has 1 aliphatic carbocycles. The Kier molecular flexibility index (Phi) is 2.99. The zero-order valence-electron chi connectivity index (χ0n) is 9.40. The molecule has 0 aliphatic heterocycles. The zero-order chi connectivity index (χ0) is 12.4. The second-order valence-corrected chi connectivity index (χ2v) is 3.91. The Balaban J connectivity index is 2.35. The van der Waals surface area contributed by atoms with Crippen molar-refractivity contribution in [3.05, 3.63) is 29.3 Å². The van der Waals surface area contributed by atoms with E-state index in [1.54, 1.807) is 0 Å². The van der Waals surface area contributed by atoms with E-state index in [0.717, 1.165) is 12.8 Å². The molecule has 90 valence electrons. The number of ether oxygens (including phenoxy) is 1. The molecule has 5 nitrogen and oxygen atoms in total. The van der Waals surface area contributed by atoms with E-state index in [1.807, 2.05) is 0 Å². The van der Waals surface area contributed by atoms with E-state index >= 15 is 0 Å². The normalized spacial score (nSPS) is 14.2. The molecule has 0 atom stereocenters. The van der Waals surface area contributed by atoms with Gasteiger partial charge in [0.05, 0.1) is 17.2 Å². The smallest absolute Gasteiger partial charge is 0.335 e. The summed E-state index contributed by atoms with van der Waals surface area (Å²) in [4.78, 5) is 22.4. The highest BCUT2D eigenvalue weighted by Gasteiger charge is 2.26. The Labute approximate surface area is 98.4 Å². The van der Waals surface area contributed by atoms with Crippen molar-refractivity contribution in [3.63, 3.8) is 0 Å². The van der Waals surface area contributed by atoms with Crippen molar-refractivity contribution < 1.29 is 19.4 Å². The molecule has 1 aromatic carbocycles. The predicted molar refractivity (Wildman–Crippen MR) is 60.4 cm³/mol. The van der Waals surface area contributed by atoms with Crippen molar-refractivity contribution >= 4 is 11.9 Å². The minimum Gasteiger partial charge on any atom is -0.490 e. The maximum absolute atomic E-state index is 11.6. The Morgan fingerprint density at radius 3 is 2.65 bits per heavy atom. The second-order valence-electron chi connectivity index (χ2n) is 3.91. The number of hydrogen-bond acceptors (Lipinski definition) is 3. The van der Waals surface area contributed by atoms with Crippen LogP contribution in [0.5, 0.6) is 5.75 Å². The number of carboxylic acids is 1. The van der Waals surface area contributed by atoms with Gasteiger partial charge in [-0.3, -0.25) is 4.79 Å². The Bertz CT molecular complexity index is 466. The fraction of sp³-hybridized carbons (Fsp3) is 0.333. The van der Waals surface area contributed by atoms with Crippen molar-refractivity contribution in [1.29, 1.82) is 0 Å². The third-order valence-electron chi connectivity index (χ3n) is 2.52. The lowest BCUT2D eigenvalue weighted by Crippen LogP contribution is -2.19. The molecular weight excluding hydrogens is 222 g/mol. The molecule has 1 fully saturated rings. The standard InChI is InChI=1S/C12H13NO4/c1-13-11(14)9-5-2-7(12(15)16)6-10(9)17-8-3-4-8/h2,5-6,8H,3-4H2,1H3,(H,13,14)(H,15,16). The molecule has 0 aromatic heterocycles. The SMILES string of the molecule is CNC(=O)c1ccc(C(=O)O)cc1OC1CC1. The summed E-state index contributed by atoms with van der Waals surface area (Å²) in [7, 11) is 1.52. The minimum absolute atomic E-state index is 0.113. The Morgan fingerprint density at radius 1 is 1.41 bits per heavy atom. The number of benzene rings is 1. The van der Waals surface area contributed by atoms with Crippen LogP contribution >= 0.6 is 0 Å². The number of aromatic carboxylic acids is 1. The van der Waals surface area contributed by atoms with E-state index in [1.165, 1.54) is 25.2 Å². The molecule has 2 N–H and O–H groups in total. The second kappa shape index (κ2) is 4.45. The maximum atomic E-state index is 11.6. The van der Waals surface area contributed by atoms with Crippen molar-refractivity contribution in [1.82, 2.24) is 5.32 Å². The fourth-order valence-electron chi connectivity index (χ4n) is 1.44. The highest BCUT2D eigenvalue weighted by Crippen LogP contribution is 2.30. The average Bonchev–Trinajstić information content (AvgIpc) is 3.11. The number of amides is 1. The van der Waals surface area contributed by atoms with E-state index in [2.05, 4.69) is 5.32 Å². The average molecular weight is 235 g/mol. The summed E-state index contributed by atoms with van der Waals surface area (Å²) in [5.74, 6) is -0.974. The van der Waals surface area contributed by atoms with E-state index in [-0.39, 0.29) is 17.6 Å². The van der Waals surface area contributed by atoms with Crippen LogP contribution < -0.4 is 10.1 Å². The monoisotopic (exact) mass is 235 g/mol. The van der Waals surface area contributed by atoms with Gasteiger partial charge in [-0.05, 0) is 31.0 Å². The molecule has 0 spiro atoms. The molecule has 1 amide bonds. The van der Waals surface area contributed by atoms with Crippen LogP contribution in [0.25, 0.3) is 0 Å². The van der Waals surface area contributed by atoms with Crippen LogP contribution in [0.3, 0.4) is 0 Å². The van der Waals surface area contributed by atoms with Gasteiger partial charge in [-0.1, -0.05) is 0 Å². The van der Waals surface area contributed by atoms with Crippen LogP contribution in [0.2, 0.25) is 0 Å². The maximum Gasteiger partial charge on any atom is 0.335 e. The van der Waals surface area contributed by atoms with Crippen molar-refractivity contribution in [2.24, 2.45) is 0 Å². The summed E-state index contributed by atoms with van der Waals surface area (Å²) >= 11 is 0. The first kappa shape index (κ1) is 11.4. The number of hydrogen-bond donors (Lipinski definition) is 2. The van der Waals surface area contributed by atoms with Crippen LogP contribution in [-0.4, -0.2) is 30.1 Å². The highest BCUT2D eigenvalue weighted by molar-refractivity contribution is 5.98. The van der Waals surface area contributed by atoms with Gasteiger partial charge >= 0.3 is 5.97 Å².